The molecular weight excluding hydrogens is 308 g/mol. The molecule has 1 aromatic carbocycles. The molecule has 0 spiro atoms. The standard InChI is InChI=1S/C17H24N4OS/c1-3-20(2)9-6-13-7-10-21(11-8-13)17(22)14-4-5-16-15(12-14)18-19-23-16/h4-5,12-13H,3,6-11H2,1-2H3. The molecule has 0 N–H and O–H groups in total. The van der Waals surface area contributed by atoms with Gasteiger partial charge in [-0.2, -0.15) is 0 Å². The first kappa shape index (κ1) is 16.3. The van der Waals surface area contributed by atoms with Crippen molar-refractivity contribution in [3.8, 4) is 0 Å². The molecule has 0 atom stereocenters. The van der Waals surface area contributed by atoms with Crippen LogP contribution in [0, 0.1) is 5.92 Å². The molecule has 0 bridgehead atoms. The molecule has 1 aromatic heterocycles. The van der Waals surface area contributed by atoms with Crippen LogP contribution in [-0.4, -0.2) is 58.5 Å². The number of benzene rings is 1. The molecule has 124 valence electrons. The largest absolute Gasteiger partial charge is 0.339 e. The fourth-order valence-corrected chi connectivity index (χ4v) is 3.62. The first-order valence-electron chi connectivity index (χ1n) is 8.37. The highest BCUT2D eigenvalue weighted by Crippen LogP contribution is 2.23. The summed E-state index contributed by atoms with van der Waals surface area (Å²) in [6.07, 6.45) is 3.47. The Morgan fingerprint density at radius 1 is 1.39 bits per heavy atom. The number of nitrogens with zero attached hydrogens (tertiary/aromatic N) is 4. The molecule has 1 amide bonds. The van der Waals surface area contributed by atoms with Gasteiger partial charge < -0.3 is 9.80 Å². The molecule has 1 fully saturated rings. The fourth-order valence-electron chi connectivity index (χ4n) is 3.08. The molecule has 2 heterocycles. The maximum atomic E-state index is 12.7. The molecule has 1 aliphatic heterocycles. The Labute approximate surface area is 141 Å². The Balaban J connectivity index is 1.55. The summed E-state index contributed by atoms with van der Waals surface area (Å²) in [5.74, 6) is 0.877. The van der Waals surface area contributed by atoms with Crippen molar-refractivity contribution in [1.82, 2.24) is 19.4 Å². The summed E-state index contributed by atoms with van der Waals surface area (Å²) in [5, 5.41) is 4.06. The first-order chi connectivity index (χ1) is 11.2. The number of fused-ring (bicyclic) bond motifs is 1. The first-order valence-corrected chi connectivity index (χ1v) is 9.14. The SMILES string of the molecule is CCN(C)CCC1CCN(C(=O)c2ccc3snnc3c2)CC1. The minimum atomic E-state index is 0.129. The van der Waals surface area contributed by atoms with Crippen LogP contribution in [0.3, 0.4) is 0 Å². The lowest BCUT2D eigenvalue weighted by atomic mass is 9.93. The highest BCUT2D eigenvalue weighted by molar-refractivity contribution is 7.12. The van der Waals surface area contributed by atoms with Crippen molar-refractivity contribution in [1.29, 1.82) is 0 Å². The summed E-state index contributed by atoms with van der Waals surface area (Å²) in [6.45, 7) is 6.18. The summed E-state index contributed by atoms with van der Waals surface area (Å²) in [7, 11) is 2.17. The van der Waals surface area contributed by atoms with E-state index in [-0.39, 0.29) is 5.91 Å². The van der Waals surface area contributed by atoms with Crippen LogP contribution in [0.5, 0.6) is 0 Å². The number of aromatic nitrogens is 2. The average Bonchev–Trinajstić information content (AvgIpc) is 3.07. The predicted octanol–water partition coefficient (Wildman–Crippen LogP) is 2.89. The van der Waals surface area contributed by atoms with Crippen LogP contribution in [0.15, 0.2) is 18.2 Å². The van der Waals surface area contributed by atoms with Gasteiger partial charge in [-0.05, 0) is 75.0 Å². The van der Waals surface area contributed by atoms with Gasteiger partial charge in [0.15, 0.2) is 0 Å². The van der Waals surface area contributed by atoms with Crippen molar-refractivity contribution in [2.24, 2.45) is 5.92 Å². The summed E-state index contributed by atoms with van der Waals surface area (Å²) in [4.78, 5) is 17.0. The monoisotopic (exact) mass is 332 g/mol. The molecule has 0 saturated carbocycles. The maximum Gasteiger partial charge on any atom is 0.253 e. The normalized spacial score (nSPS) is 16.4. The number of hydrogen-bond acceptors (Lipinski definition) is 5. The van der Waals surface area contributed by atoms with Gasteiger partial charge in [0.1, 0.15) is 5.52 Å². The number of rotatable bonds is 5. The molecule has 5 nitrogen and oxygen atoms in total. The summed E-state index contributed by atoms with van der Waals surface area (Å²) < 4.78 is 4.96. The van der Waals surface area contributed by atoms with Crippen LogP contribution in [0.2, 0.25) is 0 Å². The molecule has 0 unspecified atom stereocenters. The summed E-state index contributed by atoms with van der Waals surface area (Å²) >= 11 is 1.36. The number of carbonyl (C=O) groups excluding carboxylic acids is 1. The van der Waals surface area contributed by atoms with Crippen LogP contribution in [-0.2, 0) is 0 Å². The Hall–Kier alpha value is -1.53. The van der Waals surface area contributed by atoms with E-state index in [2.05, 4.69) is 28.5 Å². The van der Waals surface area contributed by atoms with Gasteiger partial charge in [-0.15, -0.1) is 5.10 Å². The highest BCUT2D eigenvalue weighted by Gasteiger charge is 2.24. The van der Waals surface area contributed by atoms with Crippen molar-refractivity contribution >= 4 is 27.7 Å². The second-order valence-electron chi connectivity index (χ2n) is 6.38. The van der Waals surface area contributed by atoms with E-state index in [0.717, 1.165) is 60.7 Å². The molecular formula is C17H24N4OS. The fraction of sp³-hybridized carbons (Fsp3) is 0.588. The van der Waals surface area contributed by atoms with Gasteiger partial charge in [0.05, 0.1) is 4.70 Å². The van der Waals surface area contributed by atoms with Gasteiger partial charge in [-0.25, -0.2) is 0 Å². The van der Waals surface area contributed by atoms with Crippen LogP contribution < -0.4 is 0 Å². The van der Waals surface area contributed by atoms with Gasteiger partial charge in [0, 0.05) is 18.7 Å². The molecule has 23 heavy (non-hydrogen) atoms. The second kappa shape index (κ2) is 7.36. The maximum absolute atomic E-state index is 12.7. The third kappa shape index (κ3) is 3.87. The van der Waals surface area contributed by atoms with E-state index in [4.69, 9.17) is 0 Å². The minimum absolute atomic E-state index is 0.129. The van der Waals surface area contributed by atoms with Gasteiger partial charge in [-0.3, -0.25) is 4.79 Å². The minimum Gasteiger partial charge on any atom is -0.339 e. The number of likely N-dealkylation sites (tertiary alicyclic amines) is 1. The number of carbonyl (C=O) groups is 1. The predicted molar refractivity (Wildman–Crippen MR) is 93.8 cm³/mol. The lowest BCUT2D eigenvalue weighted by Crippen LogP contribution is -2.39. The van der Waals surface area contributed by atoms with Crippen molar-refractivity contribution in [3.63, 3.8) is 0 Å². The zero-order valence-electron chi connectivity index (χ0n) is 13.9. The third-order valence-corrected chi connectivity index (χ3v) is 5.56. The van der Waals surface area contributed by atoms with Crippen molar-refractivity contribution < 1.29 is 4.79 Å². The number of piperidine rings is 1. The van der Waals surface area contributed by atoms with Gasteiger partial charge in [0.2, 0.25) is 0 Å². The number of amides is 1. The van der Waals surface area contributed by atoms with Crippen LogP contribution in [0.25, 0.3) is 10.2 Å². The molecule has 1 saturated heterocycles. The zero-order chi connectivity index (χ0) is 16.2. The molecule has 1 aliphatic rings. The van der Waals surface area contributed by atoms with E-state index in [9.17, 15) is 4.79 Å². The Kier molecular flexibility index (Phi) is 5.23. The van der Waals surface area contributed by atoms with E-state index in [1.54, 1.807) is 0 Å². The smallest absolute Gasteiger partial charge is 0.253 e. The Morgan fingerprint density at radius 2 is 2.17 bits per heavy atom. The van der Waals surface area contributed by atoms with E-state index in [1.807, 2.05) is 23.1 Å². The zero-order valence-corrected chi connectivity index (χ0v) is 14.7. The van der Waals surface area contributed by atoms with E-state index in [0.29, 0.717) is 0 Å². The number of hydrogen-bond donors (Lipinski definition) is 0. The highest BCUT2D eigenvalue weighted by atomic mass is 32.1. The third-order valence-electron chi connectivity index (χ3n) is 4.85. The quantitative estimate of drug-likeness (QED) is 0.845. The van der Waals surface area contributed by atoms with Crippen molar-refractivity contribution in [2.75, 3.05) is 33.2 Å². The average molecular weight is 332 g/mol. The molecule has 3 rings (SSSR count). The van der Waals surface area contributed by atoms with Crippen LogP contribution >= 0.6 is 11.5 Å². The van der Waals surface area contributed by atoms with Gasteiger partial charge in [0.25, 0.3) is 5.91 Å². The van der Waals surface area contributed by atoms with Gasteiger partial charge >= 0.3 is 0 Å². The van der Waals surface area contributed by atoms with Crippen LogP contribution in [0.1, 0.15) is 36.5 Å². The van der Waals surface area contributed by atoms with Gasteiger partial charge in [-0.1, -0.05) is 11.4 Å². The lowest BCUT2D eigenvalue weighted by Gasteiger charge is -2.32. The second-order valence-corrected chi connectivity index (χ2v) is 7.16. The molecule has 6 heteroatoms. The molecule has 2 aromatic rings. The van der Waals surface area contributed by atoms with Crippen molar-refractivity contribution in [3.05, 3.63) is 23.8 Å². The molecule has 0 aliphatic carbocycles. The van der Waals surface area contributed by atoms with E-state index in [1.165, 1.54) is 18.0 Å². The van der Waals surface area contributed by atoms with E-state index < -0.39 is 0 Å². The Bertz CT molecular complexity index is 663. The van der Waals surface area contributed by atoms with Crippen LogP contribution in [0.4, 0.5) is 0 Å². The summed E-state index contributed by atoms with van der Waals surface area (Å²) in [5.41, 5.74) is 1.55. The topological polar surface area (TPSA) is 49.3 Å². The van der Waals surface area contributed by atoms with Crippen molar-refractivity contribution in [2.45, 2.75) is 26.2 Å². The van der Waals surface area contributed by atoms with E-state index >= 15 is 0 Å². The summed E-state index contributed by atoms with van der Waals surface area (Å²) in [6, 6.07) is 5.71. The molecule has 0 radical (unpaired) electrons. The lowest BCUT2D eigenvalue weighted by molar-refractivity contribution is 0.0683. The Morgan fingerprint density at radius 3 is 2.91 bits per heavy atom.